The number of carbonyl (C=O) groups excluding carboxylic acids is 1. The smallest absolute Gasteiger partial charge is 0.267 e. The minimum atomic E-state index is -0.257. The van der Waals surface area contributed by atoms with Crippen molar-refractivity contribution in [3.8, 4) is 0 Å². The lowest BCUT2D eigenvalue weighted by Gasteiger charge is -2.12. The van der Waals surface area contributed by atoms with Crippen molar-refractivity contribution in [3.63, 3.8) is 0 Å². The molecule has 0 unspecified atom stereocenters. The van der Waals surface area contributed by atoms with E-state index in [-0.39, 0.29) is 18.0 Å². The maximum atomic E-state index is 13.1. The fourth-order valence-electron chi connectivity index (χ4n) is 3.07. The molecular weight excluding hydrogens is 408 g/mol. The molecule has 29 heavy (non-hydrogen) atoms. The summed E-state index contributed by atoms with van der Waals surface area (Å²) in [4.78, 5) is 32.5. The van der Waals surface area contributed by atoms with Gasteiger partial charge in [-0.15, -0.1) is 0 Å². The van der Waals surface area contributed by atoms with E-state index in [4.69, 9.17) is 16.6 Å². The van der Waals surface area contributed by atoms with E-state index in [1.807, 2.05) is 19.9 Å². The molecule has 0 bridgehead atoms. The zero-order chi connectivity index (χ0) is 20.5. The number of anilines is 1. The number of rotatable bonds is 5. The summed E-state index contributed by atoms with van der Waals surface area (Å²) in [5.41, 5.74) is 1.55. The molecule has 0 aliphatic carbocycles. The van der Waals surface area contributed by atoms with Crippen molar-refractivity contribution in [2.45, 2.75) is 20.4 Å². The van der Waals surface area contributed by atoms with Crippen LogP contribution in [-0.4, -0.2) is 31.1 Å². The van der Waals surface area contributed by atoms with Gasteiger partial charge in [0.05, 0.1) is 23.3 Å². The molecule has 1 aliphatic rings. The highest BCUT2D eigenvalue weighted by Crippen LogP contribution is 2.34. The quantitative estimate of drug-likeness (QED) is 0.495. The Morgan fingerprint density at radius 2 is 2.14 bits per heavy atom. The summed E-state index contributed by atoms with van der Waals surface area (Å²) in [6.07, 6.45) is 4.80. The standard InChI is InChI=1S/C20H18N4O3S2/c1-3-21-16-14(18(25)23-8-4-6-12(2)17(23)22-16)10-15-19(26)24(20(28)29-15)11-13-7-5-9-27-13/h4-10,21H,3,11H2,1-2H3/b15-10+. The number of thiocarbonyl (C=S) groups is 1. The van der Waals surface area contributed by atoms with Crippen molar-refractivity contribution < 1.29 is 9.21 Å². The van der Waals surface area contributed by atoms with Gasteiger partial charge >= 0.3 is 0 Å². The Bertz CT molecular complexity index is 1200. The molecule has 1 N–H and O–H groups in total. The average molecular weight is 427 g/mol. The molecular formula is C20H18N4O3S2. The van der Waals surface area contributed by atoms with Crippen LogP contribution in [0.15, 0.2) is 50.8 Å². The van der Waals surface area contributed by atoms with Crippen LogP contribution >= 0.6 is 24.0 Å². The Morgan fingerprint density at radius 1 is 1.31 bits per heavy atom. The van der Waals surface area contributed by atoms with E-state index in [0.29, 0.717) is 38.6 Å². The maximum Gasteiger partial charge on any atom is 0.267 e. The molecule has 1 saturated heterocycles. The Labute approximate surface area is 176 Å². The molecule has 1 aliphatic heterocycles. The molecule has 0 spiro atoms. The van der Waals surface area contributed by atoms with E-state index >= 15 is 0 Å². The number of nitrogens with one attached hydrogen (secondary N) is 1. The van der Waals surface area contributed by atoms with E-state index in [9.17, 15) is 9.59 Å². The molecule has 1 amide bonds. The van der Waals surface area contributed by atoms with Crippen LogP contribution in [0.2, 0.25) is 0 Å². The lowest BCUT2D eigenvalue weighted by Crippen LogP contribution is -2.27. The van der Waals surface area contributed by atoms with Gasteiger partial charge in [0.15, 0.2) is 0 Å². The van der Waals surface area contributed by atoms with Gasteiger partial charge in [0, 0.05) is 12.7 Å². The number of furan rings is 1. The van der Waals surface area contributed by atoms with E-state index in [1.54, 1.807) is 36.7 Å². The number of nitrogens with zero attached hydrogens (tertiary/aromatic N) is 3. The number of hydrogen-bond acceptors (Lipinski definition) is 7. The summed E-state index contributed by atoms with van der Waals surface area (Å²) >= 11 is 6.53. The van der Waals surface area contributed by atoms with Crippen LogP contribution in [0.4, 0.5) is 5.82 Å². The molecule has 0 radical (unpaired) electrons. The third-order valence-electron chi connectivity index (χ3n) is 4.47. The molecule has 0 aromatic carbocycles. The minimum absolute atomic E-state index is 0.244. The highest BCUT2D eigenvalue weighted by Gasteiger charge is 2.33. The Balaban J connectivity index is 1.78. The SMILES string of the molecule is CCNc1nc2c(C)cccn2c(=O)c1/C=C1/SC(=S)N(Cc2ccco2)C1=O. The number of carbonyl (C=O) groups is 1. The molecule has 4 heterocycles. The van der Waals surface area contributed by atoms with Gasteiger partial charge in [0.25, 0.3) is 11.5 Å². The van der Waals surface area contributed by atoms with Gasteiger partial charge < -0.3 is 9.73 Å². The molecule has 7 nitrogen and oxygen atoms in total. The topological polar surface area (TPSA) is 79.9 Å². The van der Waals surface area contributed by atoms with Crippen molar-refractivity contribution in [1.29, 1.82) is 0 Å². The van der Waals surface area contributed by atoms with Crippen LogP contribution in [-0.2, 0) is 11.3 Å². The molecule has 0 saturated carbocycles. The van der Waals surface area contributed by atoms with Crippen molar-refractivity contribution in [3.05, 3.63) is 68.9 Å². The zero-order valence-electron chi connectivity index (χ0n) is 15.8. The Kier molecular flexibility index (Phi) is 5.25. The first kappa shape index (κ1) is 19.4. The summed E-state index contributed by atoms with van der Waals surface area (Å²) in [5.74, 6) is 0.828. The second kappa shape index (κ2) is 7.84. The number of hydrogen-bond donors (Lipinski definition) is 1. The van der Waals surface area contributed by atoms with Gasteiger partial charge in [0.1, 0.15) is 21.5 Å². The predicted octanol–water partition coefficient (Wildman–Crippen LogP) is 3.43. The molecule has 3 aromatic heterocycles. The van der Waals surface area contributed by atoms with E-state index < -0.39 is 0 Å². The highest BCUT2D eigenvalue weighted by molar-refractivity contribution is 8.26. The van der Waals surface area contributed by atoms with Gasteiger partial charge in [-0.1, -0.05) is 30.0 Å². The number of thioether (sulfide) groups is 1. The summed E-state index contributed by atoms with van der Waals surface area (Å²) < 4.78 is 7.23. The fourth-order valence-corrected chi connectivity index (χ4v) is 4.31. The first-order valence-corrected chi connectivity index (χ1v) is 10.3. The van der Waals surface area contributed by atoms with Gasteiger partial charge in [-0.2, -0.15) is 0 Å². The lowest BCUT2D eigenvalue weighted by atomic mass is 10.2. The number of pyridine rings is 1. The maximum absolute atomic E-state index is 13.1. The molecule has 0 atom stereocenters. The first-order valence-electron chi connectivity index (χ1n) is 9.03. The van der Waals surface area contributed by atoms with Crippen molar-refractivity contribution in [1.82, 2.24) is 14.3 Å². The van der Waals surface area contributed by atoms with Crippen LogP contribution in [0.1, 0.15) is 23.8 Å². The minimum Gasteiger partial charge on any atom is -0.467 e. The highest BCUT2D eigenvalue weighted by atomic mass is 32.2. The number of aromatic nitrogens is 2. The van der Waals surface area contributed by atoms with Crippen molar-refractivity contribution in [2.24, 2.45) is 0 Å². The van der Waals surface area contributed by atoms with Crippen LogP contribution in [0.5, 0.6) is 0 Å². The van der Waals surface area contributed by atoms with E-state index in [0.717, 1.165) is 5.56 Å². The largest absolute Gasteiger partial charge is 0.467 e. The summed E-state index contributed by atoms with van der Waals surface area (Å²) in [6.45, 7) is 4.67. The molecule has 4 rings (SSSR count). The number of aryl methyl sites for hydroxylation is 1. The van der Waals surface area contributed by atoms with Crippen molar-refractivity contribution >= 4 is 51.7 Å². The molecule has 3 aromatic rings. The number of amides is 1. The van der Waals surface area contributed by atoms with Crippen LogP contribution in [0.25, 0.3) is 11.7 Å². The number of fused-ring (bicyclic) bond motifs is 1. The second-order valence-corrected chi connectivity index (χ2v) is 8.12. The van der Waals surface area contributed by atoms with Crippen LogP contribution in [0, 0.1) is 6.92 Å². The molecule has 9 heteroatoms. The predicted molar refractivity (Wildman–Crippen MR) is 118 cm³/mol. The third kappa shape index (κ3) is 3.58. The van der Waals surface area contributed by atoms with Gasteiger partial charge in [-0.25, -0.2) is 4.98 Å². The summed E-state index contributed by atoms with van der Waals surface area (Å²) in [5, 5.41) is 3.13. The van der Waals surface area contributed by atoms with Gasteiger partial charge in [-0.05, 0) is 43.7 Å². The third-order valence-corrected chi connectivity index (χ3v) is 5.85. The summed E-state index contributed by atoms with van der Waals surface area (Å²) in [6, 6.07) is 7.24. The Hall–Kier alpha value is -2.91. The fraction of sp³-hybridized carbons (Fsp3) is 0.200. The normalized spacial score (nSPS) is 15.7. The van der Waals surface area contributed by atoms with Gasteiger partial charge in [-0.3, -0.25) is 18.9 Å². The van der Waals surface area contributed by atoms with Crippen LogP contribution < -0.4 is 10.9 Å². The zero-order valence-corrected chi connectivity index (χ0v) is 17.5. The molecule has 1 fully saturated rings. The monoisotopic (exact) mass is 426 g/mol. The van der Waals surface area contributed by atoms with E-state index in [2.05, 4.69) is 10.3 Å². The summed E-state index contributed by atoms with van der Waals surface area (Å²) in [7, 11) is 0. The van der Waals surface area contributed by atoms with Crippen molar-refractivity contribution in [2.75, 3.05) is 11.9 Å². The lowest BCUT2D eigenvalue weighted by molar-refractivity contribution is -0.122. The van der Waals surface area contributed by atoms with E-state index in [1.165, 1.54) is 21.1 Å². The Morgan fingerprint density at radius 3 is 2.86 bits per heavy atom. The molecule has 148 valence electrons. The second-order valence-electron chi connectivity index (χ2n) is 6.44. The average Bonchev–Trinajstić information content (AvgIpc) is 3.30. The van der Waals surface area contributed by atoms with Gasteiger partial charge in [0.2, 0.25) is 0 Å². The van der Waals surface area contributed by atoms with Crippen LogP contribution in [0.3, 0.4) is 0 Å². The first-order chi connectivity index (χ1) is 14.0.